The van der Waals surface area contributed by atoms with Crippen LogP contribution in [-0.4, -0.2) is 50.0 Å². The zero-order valence-corrected chi connectivity index (χ0v) is 22.6. The Labute approximate surface area is 220 Å². The predicted octanol–water partition coefficient (Wildman–Crippen LogP) is 4.23. The fourth-order valence-corrected chi connectivity index (χ4v) is 6.41. The van der Waals surface area contributed by atoms with Crippen LogP contribution in [0.1, 0.15) is 56.0 Å². The number of benzene rings is 3. The number of sulfone groups is 2. The van der Waals surface area contributed by atoms with Crippen molar-refractivity contribution in [2.75, 3.05) is 0 Å². The van der Waals surface area contributed by atoms with Crippen molar-refractivity contribution < 1.29 is 40.7 Å². The summed E-state index contributed by atoms with van der Waals surface area (Å²) < 4.78 is 67.9. The Balaban J connectivity index is 2.15. The van der Waals surface area contributed by atoms with Crippen LogP contribution in [0.3, 0.4) is 0 Å². The maximum absolute atomic E-state index is 15.4. The number of aryl methyl sites for hydroxylation is 2. The molecule has 3 rings (SSSR count). The van der Waals surface area contributed by atoms with Crippen molar-refractivity contribution in [2.45, 2.75) is 48.0 Å². The van der Waals surface area contributed by atoms with Gasteiger partial charge in [0.25, 0.3) is 0 Å². The summed E-state index contributed by atoms with van der Waals surface area (Å²) in [6.07, 6.45) is 0. The first kappa shape index (κ1) is 28.9. The molecule has 0 aliphatic carbocycles. The fourth-order valence-electron chi connectivity index (χ4n) is 3.76. The van der Waals surface area contributed by atoms with Crippen LogP contribution in [0, 0.1) is 19.7 Å². The van der Waals surface area contributed by atoms with E-state index in [-0.39, 0.29) is 9.79 Å². The molecule has 200 valence electrons. The van der Waals surface area contributed by atoms with E-state index in [1.54, 1.807) is 13.8 Å². The lowest BCUT2D eigenvalue weighted by molar-refractivity contribution is 0.0691. The molecule has 11 heteroatoms. The second kappa shape index (κ2) is 10.6. The van der Waals surface area contributed by atoms with E-state index in [2.05, 4.69) is 0 Å². The van der Waals surface area contributed by atoms with Crippen molar-refractivity contribution in [3.8, 4) is 0 Å². The molecule has 0 radical (unpaired) electrons. The van der Waals surface area contributed by atoms with Gasteiger partial charge in [0.15, 0.2) is 31.2 Å². The zero-order chi connectivity index (χ0) is 28.6. The summed E-state index contributed by atoms with van der Waals surface area (Å²) in [6, 6.07) is 12.7. The maximum atomic E-state index is 15.4. The SMILES string of the molecule is Cc1ccc(S(=O)(=O)C(C)C(=O)c2ccc(C(=O)O)c(F)c2C(=O)C(C)S(=O)(=O)c2ccc(C)cc2)cc1. The number of hydrogen-bond donors (Lipinski definition) is 1. The molecule has 3 aromatic carbocycles. The Hall–Kier alpha value is -3.70. The van der Waals surface area contributed by atoms with Crippen molar-refractivity contribution >= 4 is 37.2 Å². The van der Waals surface area contributed by atoms with Gasteiger partial charge in [-0.1, -0.05) is 35.4 Å². The minimum Gasteiger partial charge on any atom is -0.478 e. The first-order valence-corrected chi connectivity index (χ1v) is 14.4. The molecular formula is C27H25FO8S2. The van der Waals surface area contributed by atoms with E-state index in [4.69, 9.17) is 0 Å². The van der Waals surface area contributed by atoms with Gasteiger partial charge >= 0.3 is 5.97 Å². The van der Waals surface area contributed by atoms with Gasteiger partial charge in [-0.15, -0.1) is 0 Å². The maximum Gasteiger partial charge on any atom is 0.338 e. The lowest BCUT2D eigenvalue weighted by Gasteiger charge is -2.18. The van der Waals surface area contributed by atoms with Crippen molar-refractivity contribution in [1.82, 2.24) is 0 Å². The van der Waals surface area contributed by atoms with Crippen LogP contribution in [0.4, 0.5) is 4.39 Å². The number of halogens is 1. The Bertz CT molecular complexity index is 1640. The molecule has 3 aromatic rings. The van der Waals surface area contributed by atoms with Gasteiger partial charge in [-0.25, -0.2) is 26.0 Å². The van der Waals surface area contributed by atoms with Crippen LogP contribution in [0.2, 0.25) is 0 Å². The smallest absolute Gasteiger partial charge is 0.338 e. The van der Waals surface area contributed by atoms with Crippen LogP contribution in [0.25, 0.3) is 0 Å². The summed E-state index contributed by atoms with van der Waals surface area (Å²) in [5.41, 5.74) is -1.28. The van der Waals surface area contributed by atoms with Crippen molar-refractivity contribution in [3.05, 3.63) is 94.3 Å². The second-order valence-corrected chi connectivity index (χ2v) is 13.4. The van der Waals surface area contributed by atoms with Crippen LogP contribution < -0.4 is 0 Å². The molecule has 0 aliphatic heterocycles. The van der Waals surface area contributed by atoms with Gasteiger partial charge in [-0.05, 0) is 64.1 Å². The molecule has 0 heterocycles. The third-order valence-electron chi connectivity index (χ3n) is 6.25. The number of carbonyl (C=O) groups excluding carboxylic acids is 2. The highest BCUT2D eigenvalue weighted by Gasteiger charge is 2.38. The van der Waals surface area contributed by atoms with Gasteiger partial charge in [0.1, 0.15) is 16.3 Å². The summed E-state index contributed by atoms with van der Waals surface area (Å²) in [7, 11) is -8.68. The van der Waals surface area contributed by atoms with Gasteiger partial charge in [-0.3, -0.25) is 9.59 Å². The zero-order valence-electron chi connectivity index (χ0n) is 20.9. The average Bonchev–Trinajstić information content (AvgIpc) is 2.87. The minimum atomic E-state index is -4.38. The molecule has 38 heavy (non-hydrogen) atoms. The van der Waals surface area contributed by atoms with E-state index in [0.29, 0.717) is 0 Å². The standard InChI is InChI=1S/C27H25FO8S2/c1-15-5-9-19(10-6-15)37(33,34)17(3)25(29)21-13-14-22(27(31)32)24(28)23(21)26(30)18(4)38(35,36)20-11-7-16(2)8-12-20/h5-14,17-18H,1-4H3,(H,31,32). The number of rotatable bonds is 9. The largest absolute Gasteiger partial charge is 0.478 e. The molecule has 0 spiro atoms. The topological polar surface area (TPSA) is 140 Å². The van der Waals surface area contributed by atoms with Gasteiger partial charge < -0.3 is 5.11 Å². The molecule has 0 bridgehead atoms. The average molecular weight is 561 g/mol. The Kier molecular flexibility index (Phi) is 8.04. The first-order chi connectivity index (χ1) is 17.6. The number of carbonyl (C=O) groups is 3. The highest BCUT2D eigenvalue weighted by atomic mass is 32.2. The summed E-state index contributed by atoms with van der Waals surface area (Å²) in [4.78, 5) is 37.9. The van der Waals surface area contributed by atoms with Crippen molar-refractivity contribution in [3.63, 3.8) is 0 Å². The molecule has 2 unspecified atom stereocenters. The van der Waals surface area contributed by atoms with Crippen LogP contribution >= 0.6 is 0 Å². The molecular weight excluding hydrogens is 535 g/mol. The molecule has 0 saturated carbocycles. The Morgan fingerprint density at radius 1 is 0.658 bits per heavy atom. The first-order valence-electron chi connectivity index (χ1n) is 11.4. The van der Waals surface area contributed by atoms with Crippen LogP contribution in [0.5, 0.6) is 0 Å². The quantitative estimate of drug-likeness (QED) is 0.384. The molecule has 2 atom stereocenters. The number of ketones is 2. The third-order valence-corrected chi connectivity index (χ3v) is 10.4. The van der Waals surface area contributed by atoms with E-state index in [0.717, 1.165) is 37.1 Å². The minimum absolute atomic E-state index is 0.185. The monoisotopic (exact) mass is 560 g/mol. The van der Waals surface area contributed by atoms with Gasteiger partial charge in [0, 0.05) is 5.56 Å². The lowest BCUT2D eigenvalue weighted by atomic mass is 9.94. The number of Topliss-reactive ketones (excluding diaryl/α,β-unsaturated/α-hetero) is 2. The molecule has 0 amide bonds. The van der Waals surface area contributed by atoms with E-state index in [1.807, 2.05) is 0 Å². The van der Waals surface area contributed by atoms with E-state index < -0.39 is 70.2 Å². The molecule has 0 aliphatic rings. The number of carboxylic acids is 1. The lowest BCUT2D eigenvalue weighted by Crippen LogP contribution is -2.33. The Morgan fingerprint density at radius 2 is 1.03 bits per heavy atom. The molecule has 8 nitrogen and oxygen atoms in total. The molecule has 1 N–H and O–H groups in total. The highest BCUT2D eigenvalue weighted by molar-refractivity contribution is 7.93. The summed E-state index contributed by atoms with van der Waals surface area (Å²) in [6.45, 7) is 5.51. The Morgan fingerprint density at radius 3 is 1.42 bits per heavy atom. The normalized spacial score (nSPS) is 13.5. The number of hydrogen-bond acceptors (Lipinski definition) is 7. The number of carboxylic acid groups (broad SMARTS) is 1. The van der Waals surface area contributed by atoms with Crippen molar-refractivity contribution in [1.29, 1.82) is 0 Å². The van der Waals surface area contributed by atoms with Crippen molar-refractivity contribution in [2.24, 2.45) is 0 Å². The highest BCUT2D eigenvalue weighted by Crippen LogP contribution is 2.28. The summed E-state index contributed by atoms with van der Waals surface area (Å²) in [5.74, 6) is -5.96. The molecule has 0 aromatic heterocycles. The van der Waals surface area contributed by atoms with Gasteiger partial charge in [-0.2, -0.15) is 0 Å². The molecule has 0 saturated heterocycles. The third kappa shape index (κ3) is 5.30. The second-order valence-electron chi connectivity index (χ2n) is 8.88. The summed E-state index contributed by atoms with van der Waals surface area (Å²) in [5, 5.41) is 5.65. The van der Waals surface area contributed by atoms with E-state index in [9.17, 15) is 36.3 Å². The van der Waals surface area contributed by atoms with E-state index in [1.165, 1.54) is 48.5 Å². The van der Waals surface area contributed by atoms with E-state index >= 15 is 4.39 Å². The molecule has 0 fully saturated rings. The summed E-state index contributed by atoms with van der Waals surface area (Å²) >= 11 is 0. The van der Waals surface area contributed by atoms with Gasteiger partial charge in [0.2, 0.25) is 0 Å². The van der Waals surface area contributed by atoms with Gasteiger partial charge in [0.05, 0.1) is 20.9 Å². The van der Waals surface area contributed by atoms with Crippen LogP contribution in [-0.2, 0) is 19.7 Å². The van der Waals surface area contributed by atoms with Crippen LogP contribution in [0.15, 0.2) is 70.5 Å². The predicted molar refractivity (Wildman–Crippen MR) is 138 cm³/mol. The number of aromatic carboxylic acids is 1. The fraction of sp³-hybridized carbons (Fsp3) is 0.222.